The van der Waals surface area contributed by atoms with Crippen LogP contribution in [0.15, 0.2) is 230 Å². The minimum Gasteiger partial charge on any atom is -0.502 e. The van der Waals surface area contributed by atoms with E-state index in [1.165, 1.54) is 128 Å². The first-order valence-electron chi connectivity index (χ1n) is 43.4. The van der Waals surface area contributed by atoms with Gasteiger partial charge < -0.3 is 89.3 Å². The number of nitrogens with two attached hydrogens (primary N) is 1. The highest BCUT2D eigenvalue weighted by Gasteiger charge is 2.32. The standard InChI is InChI=1S/C34H28FN3O8.C32H35FN4O5.C27H25FN2O4.C7H4ClNO4.C4H12N2/c1-20-27(26-11-6-23(35)16-29(26)28(20)17-32(39)37-19-21-5-4-12-36-18-21)13-22-14-30(43-2)33(31(15-22)44-3)46-34(40)45-25-9-7-24(8-10-25)38(41)42;1-20-25(13-22-14-28(40-4)31(29(15-22)41-5)42-32(39)35-11-12-37(2)3)24-9-8-23(33)16-27(24)26(20)17-30(38)36-19-21-7-6-10-34-18-21;1-16-21(9-18-10-24(33-2)27(32)25(11-18)34-3)20-7-6-19(28)12-23(20)22(16)13-26(31)30-15-17-5-4-8-29-14-17;8-7(10)13-6-3-1-5(2-4-6)9(11)12;1-6(2)4-3-5/h4-16,18H,17,19H2,1-3H3,(H,37,39);6-10,13-16,18H,11-12,17,19H2,1-5H3,(H,35,39)(H,36,38);4-12,14,32H,13,15H2,1-3H3,(H,30,31);1-4H;3-5H2,1-2H3/b27-13-;25-13-;21-9-;;. The molecule has 0 atom stereocenters. The Hall–Kier alpha value is -16.6. The van der Waals surface area contributed by atoms with Crippen LogP contribution in [0.2, 0.25) is 0 Å². The fourth-order valence-electron chi connectivity index (χ4n) is 14.7. The summed E-state index contributed by atoms with van der Waals surface area (Å²) >= 11 is 4.92. The molecule has 8 aromatic carbocycles. The first-order valence-corrected chi connectivity index (χ1v) is 43.8. The van der Waals surface area contributed by atoms with Crippen molar-refractivity contribution in [2.75, 3.05) is 97.0 Å². The normalized spacial score (nSPS) is 12.7. The third-order valence-corrected chi connectivity index (χ3v) is 21.8. The van der Waals surface area contributed by atoms with Crippen LogP contribution in [0.3, 0.4) is 0 Å². The molecule has 3 heterocycles. The van der Waals surface area contributed by atoms with E-state index in [2.05, 4.69) is 45.9 Å². The lowest BCUT2D eigenvalue weighted by Crippen LogP contribution is -2.33. The highest BCUT2D eigenvalue weighted by Crippen LogP contribution is 2.50. The van der Waals surface area contributed by atoms with E-state index in [-0.39, 0.29) is 112 Å². The molecule has 141 heavy (non-hydrogen) atoms. The number of amides is 4. The van der Waals surface area contributed by atoms with Crippen LogP contribution in [0.1, 0.15) is 107 Å². The average Bonchev–Trinajstić information content (AvgIpc) is 1.62. The number of phenols is 1. The number of halogens is 4. The molecule has 37 heteroatoms. The molecule has 3 aliphatic rings. The first kappa shape index (κ1) is 106. The molecule has 0 saturated heterocycles. The number of aromatic nitrogens is 3. The number of rotatable bonds is 32. The number of phenolic OH excluding ortho intramolecular Hbond substituents is 1. The van der Waals surface area contributed by atoms with Crippen LogP contribution in [0.25, 0.3) is 51.7 Å². The number of carbonyl (C=O) groups is 6. The largest absolute Gasteiger partial charge is 0.519 e. The maximum Gasteiger partial charge on any atom is 0.519 e. The van der Waals surface area contributed by atoms with Crippen molar-refractivity contribution in [3.63, 3.8) is 0 Å². The van der Waals surface area contributed by atoms with Crippen LogP contribution in [-0.2, 0) is 34.0 Å². The van der Waals surface area contributed by atoms with Gasteiger partial charge in [0.2, 0.25) is 35.0 Å². The number of hydrogen-bond donors (Lipinski definition) is 6. The number of nitrogens with one attached hydrogen (secondary N) is 4. The van der Waals surface area contributed by atoms with Gasteiger partial charge in [0, 0.05) is 119 Å². The van der Waals surface area contributed by atoms with Crippen LogP contribution >= 0.6 is 11.6 Å². The second-order valence-electron chi connectivity index (χ2n) is 31.8. The van der Waals surface area contributed by atoms with Gasteiger partial charge in [-0.1, -0.05) is 36.4 Å². The Balaban J connectivity index is 0.000000200. The minimum atomic E-state index is -1.12. The van der Waals surface area contributed by atoms with E-state index in [0.29, 0.717) is 77.6 Å². The van der Waals surface area contributed by atoms with Crippen molar-refractivity contribution in [3.05, 3.63) is 334 Å². The highest BCUT2D eigenvalue weighted by molar-refractivity contribution is 6.61. The van der Waals surface area contributed by atoms with E-state index in [0.717, 1.165) is 96.6 Å². The van der Waals surface area contributed by atoms with Crippen molar-refractivity contribution in [1.29, 1.82) is 0 Å². The molecule has 3 aromatic heterocycles. The summed E-state index contributed by atoms with van der Waals surface area (Å²) in [6, 6.07) is 44.7. The van der Waals surface area contributed by atoms with E-state index in [1.54, 1.807) is 97.8 Å². The molecule has 0 fully saturated rings. The van der Waals surface area contributed by atoms with Crippen molar-refractivity contribution in [2.24, 2.45) is 5.73 Å². The van der Waals surface area contributed by atoms with Gasteiger partial charge in [-0.25, -0.2) is 27.6 Å². The second kappa shape index (κ2) is 51.6. The Morgan fingerprint density at radius 1 is 0.426 bits per heavy atom. The Bertz CT molecular complexity index is 6510. The molecule has 3 aliphatic carbocycles. The molecule has 0 bridgehead atoms. The summed E-state index contributed by atoms with van der Waals surface area (Å²) in [5.74, 6) is -0.0491. The maximum atomic E-state index is 14.4. The highest BCUT2D eigenvalue weighted by atomic mass is 35.5. The van der Waals surface area contributed by atoms with Crippen LogP contribution in [0.5, 0.6) is 63.2 Å². The zero-order valence-corrected chi connectivity index (χ0v) is 80.1. The Kier molecular flexibility index (Phi) is 38.9. The minimum absolute atomic E-state index is 0.0371. The number of hydrogen-bond acceptors (Lipinski definition) is 27. The van der Waals surface area contributed by atoms with Gasteiger partial charge in [-0.15, -0.1) is 0 Å². The predicted octanol–water partition coefficient (Wildman–Crippen LogP) is 18.5. The lowest BCUT2D eigenvalue weighted by Gasteiger charge is -2.16. The molecule has 14 rings (SSSR count). The smallest absolute Gasteiger partial charge is 0.502 e. The molecular weight excluding hydrogens is 1850 g/mol. The number of fused-ring (bicyclic) bond motifs is 3. The van der Waals surface area contributed by atoms with E-state index < -0.39 is 33.3 Å². The third-order valence-electron chi connectivity index (χ3n) is 21.7. The number of ether oxygens (including phenoxy) is 10. The topological polar surface area (TPSA) is 421 Å². The van der Waals surface area contributed by atoms with Crippen molar-refractivity contribution in [1.82, 2.24) is 46.0 Å². The summed E-state index contributed by atoms with van der Waals surface area (Å²) in [6.07, 6.45) is 14.2. The maximum absolute atomic E-state index is 14.4. The number of allylic oxidation sites excluding steroid dienone is 6. The van der Waals surface area contributed by atoms with Gasteiger partial charge in [0.25, 0.3) is 11.4 Å². The fraction of sp³-hybridized carbons (Fsp3) is 0.221. The van der Waals surface area contributed by atoms with Gasteiger partial charge in [0.15, 0.2) is 34.5 Å². The molecule has 0 aliphatic heterocycles. The van der Waals surface area contributed by atoms with E-state index in [1.807, 2.05) is 102 Å². The zero-order valence-electron chi connectivity index (χ0n) is 79.3. The van der Waals surface area contributed by atoms with Gasteiger partial charge in [-0.2, -0.15) is 0 Å². The average molecular weight is 1950 g/mol. The van der Waals surface area contributed by atoms with Crippen LogP contribution < -0.4 is 74.4 Å². The molecule has 0 spiro atoms. The molecule has 0 radical (unpaired) electrons. The SMILES string of the molecule is CN(C)CCN.COc1cc(/C=C2/C(C)=C(CC(=O)NCc3cccnc3)c3cc(F)ccc32)cc(OC)c1O.COc1cc(/C=C2/C(C)=C(CC(=O)NCc3cccnc3)c3cc(F)ccc32)cc(OC)c1OC(=O)NCCN(C)C.COc1cc(/C=C2/C(C)=C(CC(=O)NCc3cccnc3)c3cc(F)ccc32)cc(OC)c1OC(=O)Oc1ccc([N+](=O)[O-])cc1.O=C(Cl)Oc1ccc([N+](=O)[O-])cc1. The third kappa shape index (κ3) is 30.0. The van der Waals surface area contributed by atoms with Gasteiger partial charge in [-0.3, -0.25) is 49.6 Å². The molecule has 734 valence electrons. The number of pyridine rings is 3. The van der Waals surface area contributed by atoms with Crippen molar-refractivity contribution < 1.29 is 104 Å². The van der Waals surface area contributed by atoms with E-state index in [9.17, 15) is 67.3 Å². The number of carbonyl (C=O) groups excluding carboxylic acids is 6. The number of non-ortho nitro benzene ring substituents is 2. The Labute approximate surface area is 816 Å². The second-order valence-corrected chi connectivity index (χ2v) is 32.1. The summed E-state index contributed by atoms with van der Waals surface area (Å²) in [4.78, 5) is 110. The number of nitrogens with zero attached hydrogens (tertiary/aromatic N) is 7. The van der Waals surface area contributed by atoms with E-state index >= 15 is 0 Å². The number of nitro benzene ring substituents is 2. The number of likely N-dealkylation sites (N-methyl/N-ethyl adjacent to an activating group) is 2. The lowest BCUT2D eigenvalue weighted by molar-refractivity contribution is -0.385. The van der Waals surface area contributed by atoms with Gasteiger partial charge in [0.1, 0.15) is 29.0 Å². The Morgan fingerprint density at radius 3 is 1.03 bits per heavy atom. The van der Waals surface area contributed by atoms with Crippen molar-refractivity contribution >= 4 is 110 Å². The molecule has 0 unspecified atom stereocenters. The number of nitro groups is 2. The summed E-state index contributed by atoms with van der Waals surface area (Å²) < 4.78 is 96.1. The van der Waals surface area contributed by atoms with Crippen molar-refractivity contribution in [2.45, 2.75) is 59.7 Å². The van der Waals surface area contributed by atoms with Crippen molar-refractivity contribution in [3.8, 4) is 63.2 Å². The van der Waals surface area contributed by atoms with E-state index in [4.69, 9.17) is 60.0 Å². The zero-order chi connectivity index (χ0) is 102. The fourth-order valence-corrected chi connectivity index (χ4v) is 14.8. The first-order chi connectivity index (χ1) is 67.6. The molecule has 11 aromatic rings. The number of aromatic hydroxyl groups is 1. The molecule has 33 nitrogen and oxygen atoms in total. The number of methoxy groups -OCH3 is 6. The summed E-state index contributed by atoms with van der Waals surface area (Å²) in [6.45, 7) is 9.54. The monoisotopic (exact) mass is 1950 g/mol. The molecule has 7 N–H and O–H groups in total. The predicted molar refractivity (Wildman–Crippen MR) is 528 cm³/mol. The van der Waals surface area contributed by atoms with Gasteiger partial charge >= 0.3 is 17.7 Å². The van der Waals surface area contributed by atoms with Crippen LogP contribution in [-0.4, -0.2) is 172 Å². The molecular formula is C104H104ClF3N12O21. The summed E-state index contributed by atoms with van der Waals surface area (Å²) in [5.41, 5.74) is 20.2. The summed E-state index contributed by atoms with van der Waals surface area (Å²) in [5, 5.41) is 42.7. The Morgan fingerprint density at radius 2 is 0.745 bits per heavy atom. The van der Waals surface area contributed by atoms with Crippen LogP contribution in [0, 0.1) is 37.7 Å². The van der Waals surface area contributed by atoms with Crippen LogP contribution in [0.4, 0.5) is 38.9 Å². The lowest BCUT2D eigenvalue weighted by atomic mass is 10.00. The van der Waals surface area contributed by atoms with Gasteiger partial charge in [-0.05, 0) is 299 Å². The van der Waals surface area contributed by atoms with Gasteiger partial charge in [0.05, 0.1) is 71.8 Å². The number of benzene rings is 8. The quantitative estimate of drug-likeness (QED) is 0.00749. The molecule has 4 amide bonds. The molecule has 0 saturated carbocycles. The summed E-state index contributed by atoms with van der Waals surface area (Å²) in [7, 11) is 16.5.